The summed E-state index contributed by atoms with van der Waals surface area (Å²) in [6.07, 6.45) is 0. The number of thiophene rings is 1. The highest BCUT2D eigenvalue weighted by atomic mass is 32.1. The first-order chi connectivity index (χ1) is 8.99. The molecule has 2 heteroatoms. The van der Waals surface area contributed by atoms with Gasteiger partial charge in [-0.15, -0.1) is 11.3 Å². The lowest BCUT2D eigenvalue weighted by molar-refractivity contribution is 0.441. The van der Waals surface area contributed by atoms with Crippen molar-refractivity contribution in [3.63, 3.8) is 0 Å². The molecule has 0 saturated heterocycles. The van der Waals surface area contributed by atoms with Crippen molar-refractivity contribution < 1.29 is 0 Å². The van der Waals surface area contributed by atoms with Crippen molar-refractivity contribution in [2.24, 2.45) is 0 Å². The Morgan fingerprint density at radius 2 is 2.00 bits per heavy atom. The second kappa shape index (κ2) is 5.89. The van der Waals surface area contributed by atoms with Crippen molar-refractivity contribution >= 4 is 11.3 Å². The summed E-state index contributed by atoms with van der Waals surface area (Å²) in [7, 11) is 0. The van der Waals surface area contributed by atoms with E-state index in [2.05, 4.69) is 74.8 Å². The average molecular weight is 273 g/mol. The van der Waals surface area contributed by atoms with E-state index in [1.54, 1.807) is 0 Å². The van der Waals surface area contributed by atoms with Crippen LogP contribution in [0.3, 0.4) is 0 Å². The number of hydrogen-bond acceptors (Lipinski definition) is 2. The van der Waals surface area contributed by atoms with Crippen LogP contribution in [0, 0.1) is 6.92 Å². The molecule has 0 aliphatic heterocycles. The van der Waals surface area contributed by atoms with E-state index in [1.165, 1.54) is 16.0 Å². The molecule has 0 aliphatic rings. The molecule has 19 heavy (non-hydrogen) atoms. The van der Waals surface area contributed by atoms with Crippen LogP contribution in [0.4, 0.5) is 0 Å². The Hall–Kier alpha value is -1.12. The van der Waals surface area contributed by atoms with Gasteiger partial charge in [-0.3, -0.25) is 0 Å². The molecule has 1 aromatic heterocycles. The number of rotatable bonds is 5. The van der Waals surface area contributed by atoms with Crippen LogP contribution >= 0.6 is 11.3 Å². The second-order valence-electron chi connectivity index (χ2n) is 5.88. The van der Waals surface area contributed by atoms with Gasteiger partial charge in [-0.25, -0.2) is 0 Å². The third-order valence-corrected chi connectivity index (χ3v) is 4.82. The van der Waals surface area contributed by atoms with E-state index >= 15 is 0 Å². The molecular formula is C17H23NS. The SMILES string of the molecule is Cc1cccc(C(C)NCC(C)(C)c2cccs2)c1. The molecule has 1 nitrogen and oxygen atoms in total. The first-order valence-electron chi connectivity index (χ1n) is 6.83. The molecule has 1 unspecified atom stereocenters. The summed E-state index contributed by atoms with van der Waals surface area (Å²) in [6, 6.07) is 13.5. The number of nitrogens with one attached hydrogen (secondary N) is 1. The van der Waals surface area contributed by atoms with Gasteiger partial charge in [0.1, 0.15) is 0 Å². The molecule has 0 spiro atoms. The van der Waals surface area contributed by atoms with Gasteiger partial charge in [-0.05, 0) is 30.9 Å². The molecule has 1 atom stereocenters. The third-order valence-electron chi connectivity index (χ3n) is 3.58. The Bertz CT molecular complexity index is 514. The van der Waals surface area contributed by atoms with Gasteiger partial charge in [-0.2, -0.15) is 0 Å². The molecule has 0 aliphatic carbocycles. The van der Waals surface area contributed by atoms with Crippen LogP contribution in [0.15, 0.2) is 41.8 Å². The normalized spacial score (nSPS) is 13.5. The van der Waals surface area contributed by atoms with Gasteiger partial charge in [0.25, 0.3) is 0 Å². The quantitative estimate of drug-likeness (QED) is 0.833. The molecule has 2 aromatic rings. The van der Waals surface area contributed by atoms with Gasteiger partial charge in [0.15, 0.2) is 0 Å². The fraction of sp³-hybridized carbons (Fsp3) is 0.412. The smallest absolute Gasteiger partial charge is 0.0292 e. The zero-order chi connectivity index (χ0) is 13.9. The van der Waals surface area contributed by atoms with E-state index in [-0.39, 0.29) is 5.41 Å². The van der Waals surface area contributed by atoms with E-state index < -0.39 is 0 Å². The first kappa shape index (κ1) is 14.3. The molecule has 1 heterocycles. The van der Waals surface area contributed by atoms with E-state index in [1.807, 2.05) is 11.3 Å². The fourth-order valence-corrected chi connectivity index (χ4v) is 3.07. The number of hydrogen-bond donors (Lipinski definition) is 1. The van der Waals surface area contributed by atoms with Gasteiger partial charge in [0, 0.05) is 22.9 Å². The monoisotopic (exact) mass is 273 g/mol. The summed E-state index contributed by atoms with van der Waals surface area (Å²) in [5.74, 6) is 0. The van der Waals surface area contributed by atoms with Crippen LogP contribution < -0.4 is 5.32 Å². The van der Waals surface area contributed by atoms with Crippen molar-refractivity contribution in [2.75, 3.05) is 6.54 Å². The topological polar surface area (TPSA) is 12.0 Å². The number of aryl methyl sites for hydroxylation is 1. The minimum Gasteiger partial charge on any atom is -0.309 e. The summed E-state index contributed by atoms with van der Waals surface area (Å²) in [5, 5.41) is 5.82. The Morgan fingerprint density at radius 1 is 1.21 bits per heavy atom. The van der Waals surface area contributed by atoms with E-state index in [0.717, 1.165) is 6.54 Å². The highest BCUT2D eigenvalue weighted by molar-refractivity contribution is 7.10. The molecule has 0 amide bonds. The van der Waals surface area contributed by atoms with Crippen LogP contribution in [-0.2, 0) is 5.41 Å². The summed E-state index contributed by atoms with van der Waals surface area (Å²) in [6.45, 7) is 9.97. The zero-order valence-electron chi connectivity index (χ0n) is 12.2. The maximum atomic E-state index is 3.66. The van der Waals surface area contributed by atoms with Crippen LogP contribution in [0.5, 0.6) is 0 Å². The second-order valence-corrected chi connectivity index (χ2v) is 6.83. The molecular weight excluding hydrogens is 250 g/mol. The molecule has 1 N–H and O–H groups in total. The minimum absolute atomic E-state index is 0.187. The Kier molecular flexibility index (Phi) is 4.43. The largest absolute Gasteiger partial charge is 0.309 e. The lowest BCUT2D eigenvalue weighted by atomic mass is 9.91. The minimum atomic E-state index is 0.187. The summed E-state index contributed by atoms with van der Waals surface area (Å²) in [4.78, 5) is 1.44. The molecule has 0 bridgehead atoms. The summed E-state index contributed by atoms with van der Waals surface area (Å²) < 4.78 is 0. The average Bonchev–Trinajstić information content (AvgIpc) is 2.90. The van der Waals surface area contributed by atoms with E-state index in [9.17, 15) is 0 Å². The third kappa shape index (κ3) is 3.68. The first-order valence-corrected chi connectivity index (χ1v) is 7.71. The van der Waals surface area contributed by atoms with Crippen LogP contribution in [0.25, 0.3) is 0 Å². The summed E-state index contributed by atoms with van der Waals surface area (Å²) >= 11 is 1.84. The van der Waals surface area contributed by atoms with Crippen LogP contribution in [0.1, 0.15) is 42.8 Å². The van der Waals surface area contributed by atoms with Crippen LogP contribution in [0.2, 0.25) is 0 Å². The maximum absolute atomic E-state index is 3.66. The zero-order valence-corrected chi connectivity index (χ0v) is 13.1. The molecule has 0 radical (unpaired) electrons. The van der Waals surface area contributed by atoms with Crippen molar-refractivity contribution in [1.82, 2.24) is 5.32 Å². The lowest BCUT2D eigenvalue weighted by Crippen LogP contribution is -2.33. The molecule has 0 fully saturated rings. The van der Waals surface area contributed by atoms with Gasteiger partial charge in [-0.1, -0.05) is 49.7 Å². The van der Waals surface area contributed by atoms with Gasteiger partial charge in [0.2, 0.25) is 0 Å². The predicted octanol–water partition coefficient (Wildman–Crippen LogP) is 4.68. The highest BCUT2D eigenvalue weighted by Gasteiger charge is 2.22. The van der Waals surface area contributed by atoms with Crippen molar-refractivity contribution in [1.29, 1.82) is 0 Å². The molecule has 1 aromatic carbocycles. The Labute approximate surface area is 120 Å². The van der Waals surface area contributed by atoms with Gasteiger partial charge in [0.05, 0.1) is 0 Å². The molecule has 102 valence electrons. The Balaban J connectivity index is 1.99. The van der Waals surface area contributed by atoms with Gasteiger partial charge < -0.3 is 5.32 Å². The summed E-state index contributed by atoms with van der Waals surface area (Å²) in [5.41, 5.74) is 2.87. The molecule has 2 rings (SSSR count). The van der Waals surface area contributed by atoms with Crippen molar-refractivity contribution in [3.05, 3.63) is 57.8 Å². The van der Waals surface area contributed by atoms with Crippen molar-refractivity contribution in [3.8, 4) is 0 Å². The van der Waals surface area contributed by atoms with Crippen LogP contribution in [-0.4, -0.2) is 6.54 Å². The number of benzene rings is 1. The Morgan fingerprint density at radius 3 is 2.63 bits per heavy atom. The standard InChI is InChI=1S/C17H23NS/c1-13-7-5-8-15(11-13)14(2)18-12-17(3,4)16-9-6-10-19-16/h5-11,14,18H,12H2,1-4H3. The van der Waals surface area contributed by atoms with E-state index in [0.29, 0.717) is 6.04 Å². The van der Waals surface area contributed by atoms with E-state index in [4.69, 9.17) is 0 Å². The van der Waals surface area contributed by atoms with Crippen molar-refractivity contribution in [2.45, 2.75) is 39.2 Å². The predicted molar refractivity (Wildman–Crippen MR) is 84.9 cm³/mol. The fourth-order valence-electron chi connectivity index (χ4n) is 2.22. The molecule has 0 saturated carbocycles. The lowest BCUT2D eigenvalue weighted by Gasteiger charge is -2.26. The maximum Gasteiger partial charge on any atom is 0.0292 e. The van der Waals surface area contributed by atoms with Gasteiger partial charge >= 0.3 is 0 Å². The highest BCUT2D eigenvalue weighted by Crippen LogP contribution is 2.27.